The number of hydrogen-bond acceptors (Lipinski definition) is 7. The molecule has 0 bridgehead atoms. The minimum absolute atomic E-state index is 0.148. The van der Waals surface area contributed by atoms with E-state index in [1.165, 1.54) is 14.2 Å². The normalized spacial score (nSPS) is 26.2. The van der Waals surface area contributed by atoms with E-state index in [1.807, 2.05) is 0 Å². The van der Waals surface area contributed by atoms with Crippen LogP contribution in [0.5, 0.6) is 11.5 Å². The van der Waals surface area contributed by atoms with E-state index >= 15 is 0 Å². The van der Waals surface area contributed by atoms with E-state index in [1.54, 1.807) is 18.2 Å². The van der Waals surface area contributed by atoms with E-state index in [4.69, 9.17) is 14.6 Å². The van der Waals surface area contributed by atoms with E-state index in [9.17, 15) is 15.0 Å². The molecule has 5 N–H and O–H groups in total. The Balaban J connectivity index is 1.88. The van der Waals surface area contributed by atoms with E-state index in [-0.39, 0.29) is 25.5 Å². The molecule has 1 amide bonds. The quantitative estimate of drug-likeness (QED) is 0.406. The Hall–Kier alpha value is -1.87. The van der Waals surface area contributed by atoms with Crippen LogP contribution in [0, 0.1) is 0 Å². The molecule has 8 nitrogen and oxygen atoms in total. The van der Waals surface area contributed by atoms with Gasteiger partial charge in [-0.3, -0.25) is 4.79 Å². The standard InChI is InChI=1S/C16H24N2O6/c1-23-12-4-3-9(5-13(12)24-2)6-14(20)17-7-10-15(21)16(22)11(8-19)18-10/h3-5,10-11,15-16,18-19,21-22H,6-8H2,1-2H3,(H,17,20)/t10-,11+,15+,16-/m0/s1. The van der Waals surface area contributed by atoms with Gasteiger partial charge in [0.15, 0.2) is 11.5 Å². The van der Waals surface area contributed by atoms with E-state index < -0.39 is 24.3 Å². The lowest BCUT2D eigenvalue weighted by Crippen LogP contribution is -2.44. The van der Waals surface area contributed by atoms with Crippen LogP contribution in [0.25, 0.3) is 0 Å². The number of aliphatic hydroxyl groups excluding tert-OH is 3. The maximum absolute atomic E-state index is 12.1. The van der Waals surface area contributed by atoms with E-state index in [0.29, 0.717) is 11.5 Å². The van der Waals surface area contributed by atoms with Crippen LogP contribution < -0.4 is 20.1 Å². The molecule has 134 valence electrons. The largest absolute Gasteiger partial charge is 0.493 e. The van der Waals surface area contributed by atoms with Gasteiger partial charge in [-0.05, 0) is 17.7 Å². The molecule has 1 fully saturated rings. The SMILES string of the molecule is COc1ccc(CC(=O)NC[C@@H]2N[C@H](CO)[C@H](O)[C@@H]2O)cc1OC. The van der Waals surface area contributed by atoms with Gasteiger partial charge in [0.2, 0.25) is 5.91 Å². The minimum atomic E-state index is -1.05. The van der Waals surface area contributed by atoms with Gasteiger partial charge in [0, 0.05) is 6.54 Å². The molecule has 24 heavy (non-hydrogen) atoms. The highest BCUT2D eigenvalue weighted by atomic mass is 16.5. The second-order valence-corrected chi connectivity index (χ2v) is 5.71. The maximum atomic E-state index is 12.1. The Morgan fingerprint density at radius 3 is 2.42 bits per heavy atom. The summed E-state index contributed by atoms with van der Waals surface area (Å²) in [7, 11) is 3.07. The molecule has 0 unspecified atom stereocenters. The van der Waals surface area contributed by atoms with Gasteiger partial charge < -0.3 is 35.4 Å². The Kier molecular flexibility index (Phi) is 6.38. The summed E-state index contributed by atoms with van der Waals surface area (Å²) in [6, 6.07) is 4.13. The number of aliphatic hydroxyl groups is 3. The Bertz CT molecular complexity index is 567. The summed E-state index contributed by atoms with van der Waals surface area (Å²) in [5, 5.41) is 34.3. The number of hydrogen-bond donors (Lipinski definition) is 5. The van der Waals surface area contributed by atoms with Crippen molar-refractivity contribution in [2.75, 3.05) is 27.4 Å². The molecule has 0 spiro atoms. The summed E-state index contributed by atoms with van der Waals surface area (Å²) in [6.07, 6.45) is -1.94. The molecule has 1 heterocycles. The predicted octanol–water partition coefficient (Wildman–Crippen LogP) is -1.58. The number of ether oxygens (including phenoxy) is 2. The van der Waals surface area contributed by atoms with Crippen LogP contribution in [0.4, 0.5) is 0 Å². The number of carbonyl (C=O) groups excluding carboxylic acids is 1. The molecular formula is C16H24N2O6. The number of amides is 1. The fraction of sp³-hybridized carbons (Fsp3) is 0.562. The predicted molar refractivity (Wildman–Crippen MR) is 86.1 cm³/mol. The van der Waals surface area contributed by atoms with Crippen molar-refractivity contribution >= 4 is 5.91 Å². The summed E-state index contributed by atoms with van der Waals surface area (Å²) in [5.41, 5.74) is 0.762. The van der Waals surface area contributed by atoms with Crippen LogP contribution in [0.2, 0.25) is 0 Å². The summed E-state index contributed by atoms with van der Waals surface area (Å²) in [4.78, 5) is 12.1. The van der Waals surface area contributed by atoms with Gasteiger partial charge in [0.05, 0.1) is 51.5 Å². The average Bonchev–Trinajstić information content (AvgIpc) is 2.87. The molecule has 8 heteroatoms. The smallest absolute Gasteiger partial charge is 0.224 e. The van der Waals surface area contributed by atoms with Gasteiger partial charge in [-0.25, -0.2) is 0 Å². The molecule has 1 aliphatic rings. The zero-order valence-corrected chi connectivity index (χ0v) is 13.7. The number of nitrogens with one attached hydrogen (secondary N) is 2. The fourth-order valence-electron chi connectivity index (χ4n) is 2.75. The summed E-state index contributed by atoms with van der Waals surface area (Å²) >= 11 is 0. The molecular weight excluding hydrogens is 316 g/mol. The van der Waals surface area contributed by atoms with Crippen LogP contribution >= 0.6 is 0 Å². The van der Waals surface area contributed by atoms with Crippen molar-refractivity contribution in [1.29, 1.82) is 0 Å². The third kappa shape index (κ3) is 4.15. The first-order valence-corrected chi connectivity index (χ1v) is 7.70. The molecule has 1 saturated heterocycles. The third-order valence-corrected chi connectivity index (χ3v) is 4.13. The van der Waals surface area contributed by atoms with Crippen LogP contribution in [-0.2, 0) is 11.2 Å². The number of methoxy groups -OCH3 is 2. The first kappa shape index (κ1) is 18.5. The highest BCUT2D eigenvalue weighted by Crippen LogP contribution is 2.27. The van der Waals surface area contributed by atoms with Crippen LogP contribution in [0.1, 0.15) is 5.56 Å². The van der Waals surface area contributed by atoms with Crippen molar-refractivity contribution < 1.29 is 29.6 Å². The maximum Gasteiger partial charge on any atom is 0.224 e. The van der Waals surface area contributed by atoms with Gasteiger partial charge in [0.1, 0.15) is 0 Å². The van der Waals surface area contributed by atoms with Gasteiger partial charge in [-0.1, -0.05) is 6.07 Å². The summed E-state index contributed by atoms with van der Waals surface area (Å²) in [6.45, 7) is -0.130. The van der Waals surface area contributed by atoms with Crippen LogP contribution in [0.3, 0.4) is 0 Å². The van der Waals surface area contributed by atoms with Crippen molar-refractivity contribution in [3.8, 4) is 11.5 Å². The Morgan fingerprint density at radius 2 is 1.83 bits per heavy atom. The molecule has 4 atom stereocenters. The molecule has 0 radical (unpaired) electrons. The lowest BCUT2D eigenvalue weighted by atomic mass is 10.1. The van der Waals surface area contributed by atoms with Crippen LogP contribution in [-0.4, -0.2) is 72.9 Å². The second-order valence-electron chi connectivity index (χ2n) is 5.71. The monoisotopic (exact) mass is 340 g/mol. The van der Waals surface area contributed by atoms with Crippen molar-refractivity contribution in [2.24, 2.45) is 0 Å². The van der Waals surface area contributed by atoms with E-state index in [0.717, 1.165) is 5.56 Å². The topological polar surface area (TPSA) is 120 Å². The Labute approximate surface area is 140 Å². The second kappa shape index (κ2) is 8.29. The summed E-state index contributed by atoms with van der Waals surface area (Å²) in [5.74, 6) is 0.909. The molecule has 1 aromatic rings. The number of benzene rings is 1. The average molecular weight is 340 g/mol. The third-order valence-electron chi connectivity index (χ3n) is 4.13. The highest BCUT2D eigenvalue weighted by molar-refractivity contribution is 5.78. The molecule has 1 aromatic carbocycles. The van der Waals surface area contributed by atoms with E-state index in [2.05, 4.69) is 10.6 Å². The minimum Gasteiger partial charge on any atom is -0.493 e. The number of rotatable bonds is 7. The summed E-state index contributed by atoms with van der Waals surface area (Å²) < 4.78 is 10.3. The molecule has 0 aliphatic carbocycles. The fourth-order valence-corrected chi connectivity index (χ4v) is 2.75. The highest BCUT2D eigenvalue weighted by Gasteiger charge is 2.40. The van der Waals surface area contributed by atoms with Crippen molar-refractivity contribution in [3.05, 3.63) is 23.8 Å². The molecule has 0 aromatic heterocycles. The van der Waals surface area contributed by atoms with Gasteiger partial charge >= 0.3 is 0 Å². The number of carbonyl (C=O) groups is 1. The molecule has 0 saturated carbocycles. The van der Waals surface area contributed by atoms with Gasteiger partial charge in [0.25, 0.3) is 0 Å². The van der Waals surface area contributed by atoms with Crippen molar-refractivity contribution in [3.63, 3.8) is 0 Å². The molecule has 1 aliphatic heterocycles. The zero-order valence-electron chi connectivity index (χ0n) is 13.7. The van der Waals surface area contributed by atoms with Crippen LogP contribution in [0.15, 0.2) is 18.2 Å². The Morgan fingerprint density at radius 1 is 1.17 bits per heavy atom. The van der Waals surface area contributed by atoms with Gasteiger partial charge in [-0.2, -0.15) is 0 Å². The first-order valence-electron chi connectivity index (χ1n) is 7.70. The van der Waals surface area contributed by atoms with Crippen molar-refractivity contribution in [1.82, 2.24) is 10.6 Å². The first-order chi connectivity index (χ1) is 11.5. The lowest BCUT2D eigenvalue weighted by Gasteiger charge is -2.16. The zero-order chi connectivity index (χ0) is 17.7. The van der Waals surface area contributed by atoms with Crippen molar-refractivity contribution in [2.45, 2.75) is 30.7 Å². The molecule has 2 rings (SSSR count). The lowest BCUT2D eigenvalue weighted by molar-refractivity contribution is -0.120. The van der Waals surface area contributed by atoms with Gasteiger partial charge in [-0.15, -0.1) is 0 Å².